The number of benzene rings is 1. The molecule has 8 heteroatoms. The molecule has 0 saturated carbocycles. The Morgan fingerprint density at radius 1 is 1.13 bits per heavy atom. The summed E-state index contributed by atoms with van der Waals surface area (Å²) in [7, 11) is 3.70. The Labute approximate surface area is 184 Å². The maximum atomic E-state index is 12.4. The Morgan fingerprint density at radius 2 is 1.81 bits per heavy atom. The maximum absolute atomic E-state index is 12.4. The number of nitrogens with zero attached hydrogens (tertiary/aromatic N) is 3. The van der Waals surface area contributed by atoms with Gasteiger partial charge in [-0.25, -0.2) is 4.79 Å². The topological polar surface area (TPSA) is 82.2 Å². The Hall–Kier alpha value is -2.77. The first-order valence-corrected chi connectivity index (χ1v) is 10.9. The van der Waals surface area contributed by atoms with Gasteiger partial charge in [-0.05, 0) is 58.2 Å². The minimum atomic E-state index is -0.499. The Bertz CT molecular complexity index is 827. The second-order valence-corrected chi connectivity index (χ2v) is 9.41. The van der Waals surface area contributed by atoms with Gasteiger partial charge in [0.1, 0.15) is 11.6 Å². The van der Waals surface area contributed by atoms with Crippen LogP contribution in [0.1, 0.15) is 46.5 Å². The molecule has 31 heavy (non-hydrogen) atoms. The zero-order chi connectivity index (χ0) is 22.8. The van der Waals surface area contributed by atoms with E-state index in [-0.39, 0.29) is 30.0 Å². The van der Waals surface area contributed by atoms with Gasteiger partial charge in [-0.15, -0.1) is 0 Å². The number of amides is 3. The van der Waals surface area contributed by atoms with Crippen molar-refractivity contribution in [3.8, 4) is 0 Å². The molecule has 0 radical (unpaired) electrons. The molecule has 8 nitrogen and oxygen atoms in total. The molecule has 1 atom stereocenters. The molecule has 1 N–H and O–H groups in total. The fourth-order valence-corrected chi connectivity index (χ4v) is 4.14. The summed E-state index contributed by atoms with van der Waals surface area (Å²) in [4.78, 5) is 42.0. The quantitative estimate of drug-likeness (QED) is 0.740. The van der Waals surface area contributed by atoms with E-state index in [1.54, 1.807) is 4.90 Å². The summed E-state index contributed by atoms with van der Waals surface area (Å²) in [5, 5.41) is 2.42. The van der Waals surface area contributed by atoms with Crippen molar-refractivity contribution in [3.05, 3.63) is 24.3 Å². The molecule has 0 bridgehead atoms. The van der Waals surface area contributed by atoms with Crippen molar-refractivity contribution in [1.82, 2.24) is 10.2 Å². The number of rotatable bonds is 4. The van der Waals surface area contributed by atoms with E-state index in [4.69, 9.17) is 4.74 Å². The molecule has 2 heterocycles. The van der Waals surface area contributed by atoms with Crippen LogP contribution in [0.2, 0.25) is 0 Å². The molecule has 2 aliphatic rings. The molecule has 0 aromatic heterocycles. The summed E-state index contributed by atoms with van der Waals surface area (Å²) >= 11 is 0. The molecule has 2 aliphatic heterocycles. The highest BCUT2D eigenvalue weighted by molar-refractivity contribution is 6.01. The third kappa shape index (κ3) is 5.68. The van der Waals surface area contributed by atoms with Gasteiger partial charge in [0.15, 0.2) is 0 Å². The summed E-state index contributed by atoms with van der Waals surface area (Å²) < 4.78 is 5.49. The lowest BCUT2D eigenvalue weighted by Crippen LogP contribution is -2.51. The Balaban J connectivity index is 1.61. The SMILES string of the molecule is CN(C(=O)OC(C)(C)C)C1CCN(c2cccc(N(C)[C@@H]3CCC(=O)NC3=O)c2)CC1. The van der Waals surface area contributed by atoms with Crippen molar-refractivity contribution in [2.24, 2.45) is 0 Å². The third-order valence-electron chi connectivity index (χ3n) is 5.97. The number of likely N-dealkylation sites (N-methyl/N-ethyl adjacent to an activating group) is 1. The smallest absolute Gasteiger partial charge is 0.410 e. The zero-order valence-electron chi connectivity index (χ0n) is 19.2. The lowest BCUT2D eigenvalue weighted by molar-refractivity contribution is -0.134. The molecule has 0 spiro atoms. The molecular weight excluding hydrogens is 396 g/mol. The average molecular weight is 431 g/mol. The van der Waals surface area contributed by atoms with Crippen molar-refractivity contribution in [3.63, 3.8) is 0 Å². The highest BCUT2D eigenvalue weighted by atomic mass is 16.6. The van der Waals surface area contributed by atoms with Crippen molar-refractivity contribution < 1.29 is 19.1 Å². The van der Waals surface area contributed by atoms with Crippen LogP contribution in [0.4, 0.5) is 16.2 Å². The van der Waals surface area contributed by atoms with Crippen LogP contribution in [0.15, 0.2) is 24.3 Å². The van der Waals surface area contributed by atoms with E-state index in [2.05, 4.69) is 22.3 Å². The predicted molar refractivity (Wildman–Crippen MR) is 120 cm³/mol. The number of imide groups is 1. The summed E-state index contributed by atoms with van der Waals surface area (Å²) in [6.45, 7) is 7.30. The van der Waals surface area contributed by atoms with Crippen LogP contribution in [0, 0.1) is 0 Å². The second-order valence-electron chi connectivity index (χ2n) is 9.41. The normalized spacial score (nSPS) is 20.3. The van der Waals surface area contributed by atoms with Gasteiger partial charge >= 0.3 is 6.09 Å². The summed E-state index contributed by atoms with van der Waals surface area (Å²) in [5.41, 5.74) is 1.54. The number of carbonyl (C=O) groups excluding carboxylic acids is 3. The van der Waals surface area contributed by atoms with Gasteiger partial charge in [0, 0.05) is 51.0 Å². The van der Waals surface area contributed by atoms with Crippen molar-refractivity contribution >= 4 is 29.3 Å². The van der Waals surface area contributed by atoms with Gasteiger partial charge in [-0.3, -0.25) is 14.9 Å². The van der Waals surface area contributed by atoms with Crippen LogP contribution in [0.25, 0.3) is 0 Å². The third-order valence-corrected chi connectivity index (χ3v) is 5.97. The number of nitrogens with one attached hydrogen (secondary N) is 1. The fourth-order valence-electron chi connectivity index (χ4n) is 4.14. The highest BCUT2D eigenvalue weighted by Gasteiger charge is 2.31. The first-order chi connectivity index (χ1) is 14.5. The van der Waals surface area contributed by atoms with E-state index >= 15 is 0 Å². The summed E-state index contributed by atoms with van der Waals surface area (Å²) in [5.74, 6) is -0.447. The second kappa shape index (κ2) is 9.16. The van der Waals surface area contributed by atoms with Crippen molar-refractivity contribution in [2.45, 2.75) is 64.1 Å². The number of piperidine rings is 2. The standard InChI is InChI=1S/C23H34N4O4/c1-23(2,3)31-22(30)26(5)16-11-13-27(14-12-16)18-8-6-7-17(15-18)25(4)19-9-10-20(28)24-21(19)29/h6-8,15-16,19H,9-14H2,1-5H3,(H,24,28,29)/t19-/m1/s1. The average Bonchev–Trinajstić information content (AvgIpc) is 2.72. The summed E-state index contributed by atoms with van der Waals surface area (Å²) in [6.07, 6.45) is 2.33. The molecular formula is C23H34N4O4. The molecule has 170 valence electrons. The number of hydrogen-bond acceptors (Lipinski definition) is 6. The lowest BCUT2D eigenvalue weighted by Gasteiger charge is -2.38. The minimum Gasteiger partial charge on any atom is -0.444 e. The van der Waals surface area contributed by atoms with Crippen LogP contribution in [-0.2, 0) is 14.3 Å². The summed E-state index contributed by atoms with van der Waals surface area (Å²) in [6, 6.07) is 7.94. The maximum Gasteiger partial charge on any atom is 0.410 e. The van der Waals surface area contributed by atoms with E-state index in [0.29, 0.717) is 12.8 Å². The van der Waals surface area contributed by atoms with Crippen LogP contribution in [0.5, 0.6) is 0 Å². The van der Waals surface area contributed by atoms with Crippen LogP contribution in [0.3, 0.4) is 0 Å². The molecule has 2 saturated heterocycles. The monoisotopic (exact) mass is 430 g/mol. The fraction of sp³-hybridized carbons (Fsp3) is 0.609. The van der Waals surface area contributed by atoms with E-state index in [0.717, 1.165) is 37.3 Å². The zero-order valence-corrected chi connectivity index (χ0v) is 19.2. The highest BCUT2D eigenvalue weighted by Crippen LogP contribution is 2.28. The van der Waals surface area contributed by atoms with E-state index in [1.165, 1.54) is 0 Å². The first kappa shape index (κ1) is 22.9. The molecule has 1 aromatic carbocycles. The molecule has 1 aromatic rings. The Morgan fingerprint density at radius 3 is 2.42 bits per heavy atom. The van der Waals surface area contributed by atoms with Gasteiger partial charge in [-0.2, -0.15) is 0 Å². The van der Waals surface area contributed by atoms with Crippen molar-refractivity contribution in [2.75, 3.05) is 37.0 Å². The minimum absolute atomic E-state index is 0.153. The van der Waals surface area contributed by atoms with Crippen LogP contribution in [-0.4, -0.2) is 67.7 Å². The largest absolute Gasteiger partial charge is 0.444 e. The van der Waals surface area contributed by atoms with E-state index in [1.807, 2.05) is 51.9 Å². The van der Waals surface area contributed by atoms with E-state index < -0.39 is 5.60 Å². The molecule has 0 unspecified atom stereocenters. The first-order valence-electron chi connectivity index (χ1n) is 10.9. The van der Waals surface area contributed by atoms with Crippen LogP contribution < -0.4 is 15.1 Å². The van der Waals surface area contributed by atoms with Gasteiger partial charge in [0.05, 0.1) is 0 Å². The predicted octanol–water partition coefficient (Wildman–Crippen LogP) is 2.76. The van der Waals surface area contributed by atoms with Crippen molar-refractivity contribution in [1.29, 1.82) is 0 Å². The van der Waals surface area contributed by atoms with E-state index in [9.17, 15) is 14.4 Å². The molecule has 3 amide bonds. The Kier molecular flexibility index (Phi) is 6.77. The molecule has 3 rings (SSSR count). The molecule has 2 fully saturated rings. The van der Waals surface area contributed by atoms with Crippen LogP contribution >= 0.6 is 0 Å². The van der Waals surface area contributed by atoms with Gasteiger partial charge in [-0.1, -0.05) is 6.07 Å². The van der Waals surface area contributed by atoms with Gasteiger partial charge < -0.3 is 19.4 Å². The van der Waals surface area contributed by atoms with Gasteiger partial charge in [0.2, 0.25) is 11.8 Å². The number of carbonyl (C=O) groups is 3. The van der Waals surface area contributed by atoms with Gasteiger partial charge in [0.25, 0.3) is 0 Å². The molecule has 0 aliphatic carbocycles. The lowest BCUT2D eigenvalue weighted by atomic mass is 10.0. The number of anilines is 2. The number of ether oxygens (including phenoxy) is 1. The number of hydrogen-bond donors (Lipinski definition) is 1.